The lowest BCUT2D eigenvalue weighted by atomic mass is 9.87. The number of thiocarbonyl (C=S) groups is 1. The quantitative estimate of drug-likeness (QED) is 0.234. The number of thiazole rings is 1. The van der Waals surface area contributed by atoms with Gasteiger partial charge in [0.25, 0.3) is 5.91 Å². The van der Waals surface area contributed by atoms with E-state index < -0.39 is 0 Å². The average molecular weight is 603 g/mol. The zero-order valence-corrected chi connectivity index (χ0v) is 23.0. The number of aromatic nitrogens is 1. The normalized spacial score (nSPS) is 11.4. The van der Waals surface area contributed by atoms with Crippen molar-refractivity contribution in [3.63, 3.8) is 0 Å². The molecule has 168 valence electrons. The number of fused-ring (bicyclic) bond motifs is 1. The number of nitrogens with zero attached hydrogens (tertiary/aromatic N) is 1. The van der Waals surface area contributed by atoms with E-state index in [0.29, 0.717) is 5.56 Å². The van der Waals surface area contributed by atoms with Crippen molar-refractivity contribution in [2.24, 2.45) is 0 Å². The fourth-order valence-corrected chi connectivity index (χ4v) is 5.81. The van der Waals surface area contributed by atoms with E-state index in [1.807, 2.05) is 60.7 Å². The summed E-state index contributed by atoms with van der Waals surface area (Å²) in [6.45, 7) is 6.42. The highest BCUT2D eigenvalue weighted by Gasteiger charge is 2.18. The Kier molecular flexibility index (Phi) is 7.00. The molecule has 0 aliphatic rings. The summed E-state index contributed by atoms with van der Waals surface area (Å²) in [6.07, 6.45) is 0. The number of rotatable bonds is 3. The molecule has 0 saturated carbocycles. The van der Waals surface area contributed by atoms with Crippen LogP contribution in [0.4, 0.5) is 5.69 Å². The Bertz CT molecular complexity index is 1330. The van der Waals surface area contributed by atoms with Crippen molar-refractivity contribution in [3.05, 3.63) is 80.7 Å². The second-order valence-corrected chi connectivity index (χ2v) is 11.7. The highest BCUT2D eigenvalue weighted by Crippen LogP contribution is 2.40. The summed E-state index contributed by atoms with van der Waals surface area (Å²) < 4.78 is 2.81. The third-order valence-electron chi connectivity index (χ3n) is 5.06. The van der Waals surface area contributed by atoms with Crippen LogP contribution >= 0.6 is 55.4 Å². The Hall–Kier alpha value is -2.13. The van der Waals surface area contributed by atoms with Gasteiger partial charge in [-0.2, -0.15) is 0 Å². The van der Waals surface area contributed by atoms with E-state index in [1.54, 1.807) is 11.3 Å². The van der Waals surface area contributed by atoms with Crippen LogP contribution in [0.1, 0.15) is 36.7 Å². The molecule has 0 fully saturated rings. The lowest BCUT2D eigenvalue weighted by Crippen LogP contribution is -2.34. The van der Waals surface area contributed by atoms with E-state index in [0.717, 1.165) is 35.4 Å². The average Bonchev–Trinajstić information content (AvgIpc) is 3.19. The van der Waals surface area contributed by atoms with Crippen LogP contribution in [0.3, 0.4) is 0 Å². The van der Waals surface area contributed by atoms with Crippen LogP contribution in [0, 0.1) is 0 Å². The standard InChI is InChI=1S/C25H21Br2N3OS2/c1-25(2,3)15-10-8-14(9-11-15)22(31)30-24(32)29-21-17(12-16(26)13-18(21)27)23-28-19-6-4-5-7-20(19)33-23/h4-13H,1-3H3,(H2,29,30,31,32). The second-order valence-electron chi connectivity index (χ2n) is 8.53. The van der Waals surface area contributed by atoms with Crippen molar-refractivity contribution in [1.82, 2.24) is 10.3 Å². The van der Waals surface area contributed by atoms with E-state index in [-0.39, 0.29) is 16.4 Å². The zero-order valence-electron chi connectivity index (χ0n) is 18.2. The maximum absolute atomic E-state index is 12.7. The minimum absolute atomic E-state index is 0.0246. The van der Waals surface area contributed by atoms with Gasteiger partial charge in [-0.15, -0.1) is 11.3 Å². The Morgan fingerprint density at radius 3 is 2.39 bits per heavy atom. The van der Waals surface area contributed by atoms with Gasteiger partial charge in [0.05, 0.1) is 15.9 Å². The molecule has 4 aromatic rings. The molecule has 0 saturated heterocycles. The summed E-state index contributed by atoms with van der Waals surface area (Å²) in [5.74, 6) is -0.261. The first-order chi connectivity index (χ1) is 15.6. The van der Waals surface area contributed by atoms with Gasteiger partial charge in [-0.05, 0) is 75.5 Å². The SMILES string of the molecule is CC(C)(C)c1ccc(C(=O)NC(=S)Nc2c(Br)cc(Br)cc2-c2nc3ccccc3s2)cc1. The van der Waals surface area contributed by atoms with Crippen molar-refractivity contribution in [1.29, 1.82) is 0 Å². The summed E-state index contributed by atoms with van der Waals surface area (Å²) in [5, 5.41) is 7.03. The van der Waals surface area contributed by atoms with Crippen LogP contribution in [0.5, 0.6) is 0 Å². The summed E-state index contributed by atoms with van der Waals surface area (Å²) >= 11 is 14.2. The zero-order chi connectivity index (χ0) is 23.8. The highest BCUT2D eigenvalue weighted by atomic mass is 79.9. The number of carbonyl (C=O) groups is 1. The molecule has 1 aromatic heterocycles. The fourth-order valence-electron chi connectivity index (χ4n) is 3.30. The molecule has 33 heavy (non-hydrogen) atoms. The topological polar surface area (TPSA) is 54.0 Å². The first-order valence-corrected chi connectivity index (χ1v) is 13.0. The van der Waals surface area contributed by atoms with Crippen molar-refractivity contribution in [2.45, 2.75) is 26.2 Å². The van der Waals surface area contributed by atoms with E-state index in [9.17, 15) is 4.79 Å². The van der Waals surface area contributed by atoms with E-state index in [2.05, 4.69) is 63.3 Å². The van der Waals surface area contributed by atoms with Crippen molar-refractivity contribution in [3.8, 4) is 10.6 Å². The Morgan fingerprint density at radius 1 is 1.03 bits per heavy atom. The lowest BCUT2D eigenvalue weighted by Gasteiger charge is -2.19. The highest BCUT2D eigenvalue weighted by molar-refractivity contribution is 9.11. The Labute approximate surface area is 219 Å². The number of nitrogens with one attached hydrogen (secondary N) is 2. The molecule has 0 aliphatic carbocycles. The first-order valence-electron chi connectivity index (χ1n) is 10.2. The summed E-state index contributed by atoms with van der Waals surface area (Å²) in [7, 11) is 0. The summed E-state index contributed by atoms with van der Waals surface area (Å²) in [5.41, 5.74) is 4.30. The van der Waals surface area contributed by atoms with Crippen LogP contribution in [0.25, 0.3) is 20.8 Å². The Morgan fingerprint density at radius 2 is 1.73 bits per heavy atom. The number of halogens is 2. The molecule has 1 amide bonds. The molecular weight excluding hydrogens is 582 g/mol. The molecule has 0 aliphatic heterocycles. The molecule has 2 N–H and O–H groups in total. The van der Waals surface area contributed by atoms with Crippen molar-refractivity contribution >= 4 is 82.3 Å². The molecule has 4 rings (SSSR count). The van der Waals surface area contributed by atoms with Gasteiger partial charge >= 0.3 is 0 Å². The summed E-state index contributed by atoms with van der Waals surface area (Å²) in [6, 6.07) is 19.5. The third-order valence-corrected chi connectivity index (χ3v) is 7.42. The molecule has 0 unspecified atom stereocenters. The van der Waals surface area contributed by atoms with E-state index >= 15 is 0 Å². The van der Waals surface area contributed by atoms with Crippen LogP contribution in [-0.4, -0.2) is 16.0 Å². The number of hydrogen-bond donors (Lipinski definition) is 2. The number of para-hydroxylation sites is 1. The van der Waals surface area contributed by atoms with Gasteiger partial charge in [0.2, 0.25) is 0 Å². The maximum Gasteiger partial charge on any atom is 0.257 e. The molecular formula is C25H21Br2N3OS2. The maximum atomic E-state index is 12.7. The smallest absolute Gasteiger partial charge is 0.257 e. The van der Waals surface area contributed by atoms with Gasteiger partial charge < -0.3 is 5.32 Å². The number of hydrogen-bond acceptors (Lipinski definition) is 4. The molecule has 0 spiro atoms. The number of carbonyl (C=O) groups excluding carboxylic acids is 1. The second kappa shape index (κ2) is 9.62. The largest absolute Gasteiger partial charge is 0.331 e. The third kappa shape index (κ3) is 5.51. The molecule has 0 bridgehead atoms. The van der Waals surface area contributed by atoms with Gasteiger partial charge in [0, 0.05) is 20.1 Å². The molecule has 4 nitrogen and oxygen atoms in total. The van der Waals surface area contributed by atoms with Crippen molar-refractivity contribution in [2.75, 3.05) is 5.32 Å². The predicted molar refractivity (Wildman–Crippen MR) is 149 cm³/mol. The van der Waals surface area contributed by atoms with Crippen LogP contribution in [0.2, 0.25) is 0 Å². The lowest BCUT2D eigenvalue weighted by molar-refractivity contribution is 0.0977. The molecule has 1 heterocycles. The predicted octanol–water partition coefficient (Wildman–Crippen LogP) is 7.91. The number of amides is 1. The van der Waals surface area contributed by atoms with Crippen LogP contribution in [0.15, 0.2) is 69.6 Å². The number of benzene rings is 3. The molecule has 0 atom stereocenters. The van der Waals surface area contributed by atoms with E-state index in [1.165, 1.54) is 5.56 Å². The van der Waals surface area contributed by atoms with Crippen LogP contribution in [-0.2, 0) is 5.41 Å². The van der Waals surface area contributed by atoms with Crippen molar-refractivity contribution < 1.29 is 4.79 Å². The fraction of sp³-hybridized carbons (Fsp3) is 0.160. The first kappa shape index (κ1) is 24.0. The molecule has 8 heteroatoms. The minimum atomic E-state index is -0.261. The van der Waals surface area contributed by atoms with Gasteiger partial charge in [0.15, 0.2) is 5.11 Å². The van der Waals surface area contributed by atoms with Gasteiger partial charge in [-0.3, -0.25) is 10.1 Å². The molecule has 0 radical (unpaired) electrons. The van der Waals surface area contributed by atoms with Gasteiger partial charge in [0.1, 0.15) is 5.01 Å². The van der Waals surface area contributed by atoms with E-state index in [4.69, 9.17) is 17.2 Å². The molecule has 3 aromatic carbocycles. The monoisotopic (exact) mass is 601 g/mol. The van der Waals surface area contributed by atoms with Crippen LogP contribution < -0.4 is 10.6 Å². The summed E-state index contributed by atoms with van der Waals surface area (Å²) in [4.78, 5) is 17.5. The van der Waals surface area contributed by atoms with Gasteiger partial charge in [-0.1, -0.05) is 61.0 Å². The number of anilines is 1. The minimum Gasteiger partial charge on any atom is -0.331 e. The van der Waals surface area contributed by atoms with Gasteiger partial charge in [-0.25, -0.2) is 4.98 Å². The Balaban J connectivity index is 1.57.